The Hall–Kier alpha value is -3.32. The summed E-state index contributed by atoms with van der Waals surface area (Å²) >= 11 is 0. The highest BCUT2D eigenvalue weighted by atomic mass is 32.2. The fraction of sp³-hybridized carbons (Fsp3) is 0.296. The third-order valence-electron chi connectivity index (χ3n) is 6.27. The summed E-state index contributed by atoms with van der Waals surface area (Å²) in [6, 6.07) is 24.3. The van der Waals surface area contributed by atoms with E-state index in [1.165, 1.54) is 4.31 Å². The maximum Gasteiger partial charge on any atom is 0.264 e. The van der Waals surface area contributed by atoms with E-state index in [2.05, 4.69) is 24.0 Å². The SMILES string of the molecule is CCc1ccc(N(CC(=O)N2CCN(c3ccccc3)CC2)S(=O)(=O)c2ccc(C)cc2)cc1. The first-order valence-corrected chi connectivity index (χ1v) is 13.1. The highest BCUT2D eigenvalue weighted by molar-refractivity contribution is 7.92. The molecule has 0 aromatic heterocycles. The quantitative estimate of drug-likeness (QED) is 0.514. The van der Waals surface area contributed by atoms with Gasteiger partial charge < -0.3 is 9.80 Å². The number of hydrogen-bond acceptors (Lipinski definition) is 4. The molecule has 7 heteroatoms. The zero-order chi connectivity index (χ0) is 24.1. The summed E-state index contributed by atoms with van der Waals surface area (Å²) in [6.45, 7) is 6.27. The number of para-hydroxylation sites is 1. The minimum atomic E-state index is -3.90. The predicted molar refractivity (Wildman–Crippen MR) is 137 cm³/mol. The van der Waals surface area contributed by atoms with Crippen LogP contribution in [0.15, 0.2) is 83.8 Å². The summed E-state index contributed by atoms with van der Waals surface area (Å²) in [5.74, 6) is -0.192. The van der Waals surface area contributed by atoms with E-state index in [-0.39, 0.29) is 17.3 Å². The van der Waals surface area contributed by atoms with E-state index in [4.69, 9.17) is 0 Å². The van der Waals surface area contributed by atoms with Crippen LogP contribution in [0.4, 0.5) is 11.4 Å². The van der Waals surface area contributed by atoms with Crippen LogP contribution in [-0.4, -0.2) is 51.9 Å². The van der Waals surface area contributed by atoms with E-state index in [9.17, 15) is 13.2 Å². The Morgan fingerprint density at radius 1 is 0.853 bits per heavy atom. The summed E-state index contributed by atoms with van der Waals surface area (Å²) in [6.07, 6.45) is 0.857. The molecule has 0 atom stereocenters. The Labute approximate surface area is 202 Å². The largest absolute Gasteiger partial charge is 0.368 e. The van der Waals surface area contributed by atoms with Crippen LogP contribution in [0.25, 0.3) is 0 Å². The Morgan fingerprint density at radius 3 is 2.06 bits per heavy atom. The molecule has 3 aromatic rings. The van der Waals surface area contributed by atoms with Crippen molar-refractivity contribution in [1.82, 2.24) is 4.90 Å². The second kappa shape index (κ2) is 10.3. The first kappa shape index (κ1) is 23.8. The molecule has 3 aromatic carbocycles. The lowest BCUT2D eigenvalue weighted by atomic mass is 10.1. The number of amides is 1. The summed E-state index contributed by atoms with van der Waals surface area (Å²) < 4.78 is 28.4. The van der Waals surface area contributed by atoms with E-state index in [0.717, 1.165) is 23.2 Å². The van der Waals surface area contributed by atoms with Crippen molar-refractivity contribution < 1.29 is 13.2 Å². The fourth-order valence-electron chi connectivity index (χ4n) is 4.13. The Balaban J connectivity index is 1.54. The van der Waals surface area contributed by atoms with Gasteiger partial charge in [0.1, 0.15) is 6.54 Å². The molecule has 1 aliphatic rings. The van der Waals surface area contributed by atoms with Crippen molar-refractivity contribution in [3.05, 3.63) is 90.0 Å². The Kier molecular flexibility index (Phi) is 7.22. The van der Waals surface area contributed by atoms with Crippen LogP contribution in [0.5, 0.6) is 0 Å². The number of carbonyl (C=O) groups excluding carboxylic acids is 1. The molecule has 34 heavy (non-hydrogen) atoms. The minimum Gasteiger partial charge on any atom is -0.368 e. The Bertz CT molecular complexity index is 1200. The number of piperazine rings is 1. The summed E-state index contributed by atoms with van der Waals surface area (Å²) in [5, 5.41) is 0. The smallest absolute Gasteiger partial charge is 0.264 e. The van der Waals surface area contributed by atoms with E-state index >= 15 is 0 Å². The van der Waals surface area contributed by atoms with Gasteiger partial charge >= 0.3 is 0 Å². The van der Waals surface area contributed by atoms with Gasteiger partial charge in [0.2, 0.25) is 5.91 Å². The van der Waals surface area contributed by atoms with E-state index in [1.807, 2.05) is 37.3 Å². The molecule has 1 amide bonds. The third-order valence-corrected chi connectivity index (χ3v) is 8.06. The molecule has 0 unspecified atom stereocenters. The number of aryl methyl sites for hydroxylation is 2. The number of nitrogens with zero attached hydrogens (tertiary/aromatic N) is 3. The number of sulfonamides is 1. The average molecular weight is 478 g/mol. The highest BCUT2D eigenvalue weighted by Crippen LogP contribution is 2.25. The average Bonchev–Trinajstić information content (AvgIpc) is 2.88. The van der Waals surface area contributed by atoms with Crippen molar-refractivity contribution in [1.29, 1.82) is 0 Å². The molecular weight excluding hydrogens is 446 g/mol. The molecule has 6 nitrogen and oxygen atoms in total. The van der Waals surface area contributed by atoms with Crippen LogP contribution in [0, 0.1) is 6.92 Å². The lowest BCUT2D eigenvalue weighted by Crippen LogP contribution is -2.52. The summed E-state index contributed by atoms with van der Waals surface area (Å²) in [7, 11) is -3.90. The van der Waals surface area contributed by atoms with Crippen LogP contribution >= 0.6 is 0 Å². The van der Waals surface area contributed by atoms with Crippen molar-refractivity contribution in [3.63, 3.8) is 0 Å². The zero-order valence-electron chi connectivity index (χ0n) is 19.7. The van der Waals surface area contributed by atoms with Gasteiger partial charge in [-0.3, -0.25) is 9.10 Å². The van der Waals surface area contributed by atoms with Crippen LogP contribution < -0.4 is 9.21 Å². The van der Waals surface area contributed by atoms with Gasteiger partial charge in [-0.05, 0) is 55.3 Å². The van der Waals surface area contributed by atoms with Gasteiger partial charge in [-0.25, -0.2) is 8.42 Å². The second-order valence-electron chi connectivity index (χ2n) is 8.55. The van der Waals surface area contributed by atoms with Crippen molar-refractivity contribution in [2.75, 3.05) is 41.9 Å². The molecule has 1 heterocycles. The molecule has 0 radical (unpaired) electrons. The van der Waals surface area contributed by atoms with Crippen molar-refractivity contribution in [2.45, 2.75) is 25.2 Å². The molecule has 0 saturated carbocycles. The van der Waals surface area contributed by atoms with Gasteiger partial charge in [0, 0.05) is 31.9 Å². The zero-order valence-corrected chi connectivity index (χ0v) is 20.5. The summed E-state index contributed by atoms with van der Waals surface area (Å²) in [5.41, 5.74) is 3.72. The number of anilines is 2. The van der Waals surface area contributed by atoms with Gasteiger partial charge in [-0.2, -0.15) is 0 Å². The maximum atomic E-state index is 13.6. The lowest BCUT2D eigenvalue weighted by Gasteiger charge is -2.37. The molecule has 1 aliphatic heterocycles. The monoisotopic (exact) mass is 477 g/mol. The lowest BCUT2D eigenvalue weighted by molar-refractivity contribution is -0.129. The predicted octanol–water partition coefficient (Wildman–Crippen LogP) is 4.10. The van der Waals surface area contributed by atoms with Gasteiger partial charge in [-0.1, -0.05) is 55.0 Å². The molecule has 178 valence electrons. The third kappa shape index (κ3) is 5.25. The van der Waals surface area contributed by atoms with Gasteiger partial charge in [0.25, 0.3) is 10.0 Å². The molecule has 0 aliphatic carbocycles. The van der Waals surface area contributed by atoms with Gasteiger partial charge in [-0.15, -0.1) is 0 Å². The number of hydrogen-bond donors (Lipinski definition) is 0. The van der Waals surface area contributed by atoms with E-state index < -0.39 is 10.0 Å². The highest BCUT2D eigenvalue weighted by Gasteiger charge is 2.30. The Morgan fingerprint density at radius 2 is 1.47 bits per heavy atom. The minimum absolute atomic E-state index is 0.180. The number of carbonyl (C=O) groups is 1. The van der Waals surface area contributed by atoms with Crippen LogP contribution in [-0.2, 0) is 21.2 Å². The summed E-state index contributed by atoms with van der Waals surface area (Å²) in [4.78, 5) is 17.5. The topological polar surface area (TPSA) is 60.9 Å². The molecule has 0 bridgehead atoms. The molecule has 4 rings (SSSR count). The van der Waals surface area contributed by atoms with Gasteiger partial charge in [0.15, 0.2) is 0 Å². The first-order chi connectivity index (χ1) is 16.4. The molecule has 0 spiro atoms. The maximum absolute atomic E-state index is 13.6. The molecule has 1 fully saturated rings. The number of benzene rings is 3. The van der Waals surface area contributed by atoms with E-state index in [1.54, 1.807) is 41.3 Å². The number of rotatable bonds is 7. The fourth-order valence-corrected chi connectivity index (χ4v) is 5.54. The standard InChI is InChI=1S/C27H31N3O3S/c1-3-23-11-13-25(14-12-23)30(34(32,33)26-15-9-22(2)10-16-26)21-27(31)29-19-17-28(18-20-29)24-7-5-4-6-8-24/h4-16H,3,17-21H2,1-2H3. The normalized spacial score (nSPS) is 14.2. The molecular formula is C27H31N3O3S. The van der Waals surface area contributed by atoms with Crippen molar-refractivity contribution in [3.8, 4) is 0 Å². The van der Waals surface area contributed by atoms with Crippen molar-refractivity contribution >= 4 is 27.3 Å². The second-order valence-corrected chi connectivity index (χ2v) is 10.4. The molecule has 1 saturated heterocycles. The molecule has 0 N–H and O–H groups in total. The van der Waals surface area contributed by atoms with Crippen LogP contribution in [0.1, 0.15) is 18.1 Å². The van der Waals surface area contributed by atoms with Crippen LogP contribution in [0.3, 0.4) is 0 Å². The first-order valence-electron chi connectivity index (χ1n) is 11.6. The van der Waals surface area contributed by atoms with Crippen LogP contribution in [0.2, 0.25) is 0 Å². The van der Waals surface area contributed by atoms with E-state index in [0.29, 0.717) is 31.9 Å². The van der Waals surface area contributed by atoms with Crippen molar-refractivity contribution in [2.24, 2.45) is 0 Å². The van der Waals surface area contributed by atoms with Gasteiger partial charge in [0.05, 0.1) is 10.6 Å².